The number of hydrogen-bond acceptors (Lipinski definition) is 4. The van der Waals surface area contributed by atoms with Crippen molar-refractivity contribution in [2.75, 3.05) is 6.54 Å². The van der Waals surface area contributed by atoms with E-state index in [1.165, 1.54) is 0 Å². The highest BCUT2D eigenvalue weighted by Crippen LogP contribution is 2.33. The summed E-state index contributed by atoms with van der Waals surface area (Å²) in [6, 6.07) is 14.7. The van der Waals surface area contributed by atoms with Gasteiger partial charge in [0.2, 0.25) is 0 Å². The second kappa shape index (κ2) is 12.6. The largest absolute Gasteiger partial charge is 0.460 e. The van der Waals surface area contributed by atoms with E-state index in [-0.39, 0.29) is 24.5 Å². The molecular weight excluding hydrogens is 616 g/mol. The van der Waals surface area contributed by atoms with Crippen LogP contribution in [0.25, 0.3) is 22.2 Å². The number of pyridine rings is 1. The molecule has 4 aromatic rings. The average molecular weight is 645 g/mol. The van der Waals surface area contributed by atoms with Gasteiger partial charge in [0.15, 0.2) is 23.3 Å². The van der Waals surface area contributed by atoms with Gasteiger partial charge in [0.1, 0.15) is 5.60 Å². The highest BCUT2D eigenvalue weighted by atomic mass is 79.9. The summed E-state index contributed by atoms with van der Waals surface area (Å²) in [6.45, 7) is 6.30. The molecule has 42 heavy (non-hydrogen) atoms. The van der Waals surface area contributed by atoms with Gasteiger partial charge in [0.25, 0.3) is 5.91 Å². The van der Waals surface area contributed by atoms with Crippen LogP contribution < -0.4 is 5.32 Å². The van der Waals surface area contributed by atoms with Gasteiger partial charge in [-0.1, -0.05) is 46.3 Å². The lowest BCUT2D eigenvalue weighted by molar-refractivity contribution is -0.155. The third-order valence-electron chi connectivity index (χ3n) is 6.64. The molecule has 0 aliphatic carbocycles. The number of carbonyl (C=O) groups excluding carboxylic acids is 2. The molecule has 1 amide bonds. The van der Waals surface area contributed by atoms with Gasteiger partial charge in [0, 0.05) is 45.9 Å². The summed E-state index contributed by atoms with van der Waals surface area (Å²) in [5, 5.41) is 3.21. The Hall–Kier alpha value is -3.79. The minimum absolute atomic E-state index is 0.118. The molecule has 0 spiro atoms. The molecule has 1 unspecified atom stereocenters. The molecule has 0 fully saturated rings. The van der Waals surface area contributed by atoms with Gasteiger partial charge < -0.3 is 10.1 Å². The first-order valence-corrected chi connectivity index (χ1v) is 14.0. The average Bonchev–Trinajstić information content (AvgIpc) is 2.92. The third-order valence-corrected chi connectivity index (χ3v) is 7.14. The highest BCUT2D eigenvalue weighted by Gasteiger charge is 2.29. The van der Waals surface area contributed by atoms with Crippen LogP contribution >= 0.6 is 15.9 Å². The first-order valence-electron chi connectivity index (χ1n) is 13.2. The Labute approximate surface area is 249 Å². The fraction of sp³-hybridized carbons (Fsp3) is 0.281. The van der Waals surface area contributed by atoms with Crippen molar-refractivity contribution in [3.63, 3.8) is 0 Å². The molecule has 0 bridgehead atoms. The standard InChI is InChI=1S/C32H29BrF4N2O3/c1-17-26(21-14-20(33)11-12-24(21)39-30(17)18-8-6-5-7-9-18)31(41)38-16-19(10-13-25(40)42-32(2,3)4)27-28(36)22(34)15-23(35)29(27)37/h5-9,11-12,14-15,19H,10,13,16H2,1-4H3,(H,38,41). The second-order valence-corrected chi connectivity index (χ2v) is 11.8. The number of hydrogen-bond donors (Lipinski definition) is 1. The predicted molar refractivity (Wildman–Crippen MR) is 156 cm³/mol. The molecule has 0 aliphatic rings. The first-order chi connectivity index (χ1) is 19.8. The van der Waals surface area contributed by atoms with E-state index in [1.54, 1.807) is 45.9 Å². The molecule has 0 radical (unpaired) electrons. The van der Waals surface area contributed by atoms with Crippen molar-refractivity contribution >= 4 is 38.7 Å². The van der Waals surface area contributed by atoms with Crippen molar-refractivity contribution in [1.29, 1.82) is 0 Å². The molecule has 220 valence electrons. The zero-order chi connectivity index (χ0) is 30.8. The number of carbonyl (C=O) groups is 2. The zero-order valence-electron chi connectivity index (χ0n) is 23.5. The maximum absolute atomic E-state index is 14.9. The molecule has 1 heterocycles. The van der Waals surface area contributed by atoms with Crippen LogP contribution in [0.2, 0.25) is 0 Å². The van der Waals surface area contributed by atoms with Gasteiger partial charge in [-0.15, -0.1) is 0 Å². The van der Waals surface area contributed by atoms with E-state index in [9.17, 15) is 27.2 Å². The van der Waals surface area contributed by atoms with Gasteiger partial charge in [-0.25, -0.2) is 22.5 Å². The Morgan fingerprint density at radius 1 is 0.976 bits per heavy atom. The third kappa shape index (κ3) is 6.98. The van der Waals surface area contributed by atoms with Gasteiger partial charge in [0.05, 0.1) is 16.8 Å². The van der Waals surface area contributed by atoms with Crippen LogP contribution in [0, 0.1) is 30.2 Å². The predicted octanol–water partition coefficient (Wildman–Crippen LogP) is 8.16. The van der Waals surface area contributed by atoms with Crippen LogP contribution in [0.4, 0.5) is 17.6 Å². The number of amides is 1. The summed E-state index contributed by atoms with van der Waals surface area (Å²) in [5.74, 6) is -8.87. The summed E-state index contributed by atoms with van der Waals surface area (Å²) in [7, 11) is 0. The second-order valence-electron chi connectivity index (χ2n) is 10.9. The quantitative estimate of drug-likeness (QED) is 0.119. The maximum atomic E-state index is 14.9. The Kier molecular flexibility index (Phi) is 9.35. The van der Waals surface area contributed by atoms with Crippen molar-refractivity contribution in [3.05, 3.63) is 99.0 Å². The first kappa shape index (κ1) is 31.2. The van der Waals surface area contributed by atoms with Gasteiger partial charge in [-0.2, -0.15) is 0 Å². The molecule has 10 heteroatoms. The van der Waals surface area contributed by atoms with E-state index < -0.39 is 58.8 Å². The minimum atomic E-state index is -1.59. The summed E-state index contributed by atoms with van der Waals surface area (Å²) in [5.41, 5.74) is 1.03. The van der Waals surface area contributed by atoms with Crippen LogP contribution in [0.3, 0.4) is 0 Å². The van der Waals surface area contributed by atoms with E-state index >= 15 is 0 Å². The number of halogens is 5. The summed E-state index contributed by atoms with van der Waals surface area (Å²) < 4.78 is 64.1. The van der Waals surface area contributed by atoms with Gasteiger partial charge >= 0.3 is 5.97 Å². The number of fused-ring (bicyclic) bond motifs is 1. The van der Waals surface area contributed by atoms with Gasteiger partial charge in [-0.05, 0) is 57.9 Å². The molecule has 3 aromatic carbocycles. The molecular formula is C32H29BrF4N2O3. The summed E-state index contributed by atoms with van der Waals surface area (Å²) in [6.07, 6.45) is -0.556. The van der Waals surface area contributed by atoms with Crippen LogP contribution in [0.5, 0.6) is 0 Å². The van der Waals surface area contributed by atoms with Crippen molar-refractivity contribution in [2.24, 2.45) is 0 Å². The van der Waals surface area contributed by atoms with Crippen molar-refractivity contribution in [3.8, 4) is 11.3 Å². The van der Waals surface area contributed by atoms with Crippen LogP contribution in [0.15, 0.2) is 59.1 Å². The Morgan fingerprint density at radius 3 is 2.24 bits per heavy atom. The van der Waals surface area contributed by atoms with E-state index in [4.69, 9.17) is 9.72 Å². The summed E-state index contributed by atoms with van der Waals surface area (Å²) in [4.78, 5) is 30.9. The molecule has 5 nitrogen and oxygen atoms in total. The zero-order valence-corrected chi connectivity index (χ0v) is 25.0. The number of aromatic nitrogens is 1. The van der Waals surface area contributed by atoms with E-state index in [0.717, 1.165) is 5.56 Å². The van der Waals surface area contributed by atoms with Crippen molar-refractivity contribution < 1.29 is 31.9 Å². The molecule has 0 saturated heterocycles. The number of nitrogens with one attached hydrogen (secondary N) is 1. The number of ether oxygens (including phenoxy) is 1. The summed E-state index contributed by atoms with van der Waals surface area (Å²) >= 11 is 3.42. The number of benzene rings is 3. The van der Waals surface area contributed by atoms with Gasteiger partial charge in [-0.3, -0.25) is 9.59 Å². The lowest BCUT2D eigenvalue weighted by Crippen LogP contribution is -2.31. The Morgan fingerprint density at radius 2 is 1.62 bits per heavy atom. The van der Waals surface area contributed by atoms with Crippen molar-refractivity contribution in [2.45, 2.75) is 52.1 Å². The lowest BCUT2D eigenvalue weighted by atomic mass is 9.92. The lowest BCUT2D eigenvalue weighted by Gasteiger charge is -2.23. The number of nitrogens with zero attached hydrogens (tertiary/aromatic N) is 1. The fourth-order valence-corrected chi connectivity index (χ4v) is 5.15. The van der Waals surface area contributed by atoms with E-state index in [0.29, 0.717) is 26.6 Å². The molecule has 0 aliphatic heterocycles. The van der Waals surface area contributed by atoms with Crippen molar-refractivity contribution in [1.82, 2.24) is 10.3 Å². The molecule has 0 saturated carbocycles. The Bertz CT molecular complexity index is 1630. The number of esters is 1. The Balaban J connectivity index is 1.72. The smallest absolute Gasteiger partial charge is 0.306 e. The number of rotatable bonds is 8. The molecule has 1 aromatic heterocycles. The maximum Gasteiger partial charge on any atom is 0.306 e. The van der Waals surface area contributed by atoms with Crippen LogP contribution in [-0.2, 0) is 9.53 Å². The van der Waals surface area contributed by atoms with Crippen LogP contribution in [-0.4, -0.2) is 29.0 Å². The van der Waals surface area contributed by atoms with Crippen LogP contribution in [0.1, 0.15) is 61.0 Å². The minimum Gasteiger partial charge on any atom is -0.460 e. The SMILES string of the molecule is Cc1c(-c2ccccc2)nc2ccc(Br)cc2c1C(=O)NCC(CCC(=O)OC(C)(C)C)c1c(F)c(F)cc(F)c1F. The molecule has 1 N–H and O–H groups in total. The highest BCUT2D eigenvalue weighted by molar-refractivity contribution is 9.10. The molecule has 1 atom stereocenters. The topological polar surface area (TPSA) is 68.3 Å². The van der Waals surface area contributed by atoms with E-state index in [2.05, 4.69) is 21.2 Å². The fourth-order valence-electron chi connectivity index (χ4n) is 4.79. The molecule has 4 rings (SSSR count). The monoisotopic (exact) mass is 644 g/mol. The van der Waals surface area contributed by atoms with E-state index in [1.807, 2.05) is 30.3 Å². The normalized spacial score (nSPS) is 12.3.